The summed E-state index contributed by atoms with van der Waals surface area (Å²) in [6, 6.07) is 23.8. The van der Waals surface area contributed by atoms with Crippen molar-refractivity contribution in [3.05, 3.63) is 95.8 Å². The molecule has 1 aromatic heterocycles. The summed E-state index contributed by atoms with van der Waals surface area (Å²) in [5.74, 6) is 0.589. The Morgan fingerprint density at radius 1 is 0.900 bits per heavy atom. The maximum absolute atomic E-state index is 12.9. The number of aromatic nitrogens is 3. The number of anilines is 1. The molecule has 1 atom stereocenters. The number of benzene rings is 3. The molecule has 0 saturated carbocycles. The second-order valence-corrected chi connectivity index (χ2v) is 10.5. The lowest BCUT2D eigenvalue weighted by Gasteiger charge is -2.22. The summed E-state index contributed by atoms with van der Waals surface area (Å²) >= 11 is 1.31. The third kappa shape index (κ3) is 7.63. The second-order valence-electron chi connectivity index (χ2n) is 9.57. The molecule has 9 nitrogen and oxygen atoms in total. The first kappa shape index (κ1) is 28.7. The van der Waals surface area contributed by atoms with E-state index in [1.165, 1.54) is 11.8 Å². The van der Waals surface area contributed by atoms with Crippen LogP contribution >= 0.6 is 11.8 Å². The third-order valence-electron chi connectivity index (χ3n) is 6.13. The number of nitrogens with zero attached hydrogens (tertiary/aromatic N) is 5. The van der Waals surface area contributed by atoms with Gasteiger partial charge in [-0.2, -0.15) is 10.2 Å². The highest BCUT2D eigenvalue weighted by Gasteiger charge is 2.26. The number of rotatable bonds is 11. The molecule has 2 N–H and O–H groups in total. The molecule has 0 saturated heterocycles. The molecule has 3 aromatic carbocycles. The van der Waals surface area contributed by atoms with Gasteiger partial charge in [0.25, 0.3) is 5.91 Å². The van der Waals surface area contributed by atoms with Gasteiger partial charge in [-0.05, 0) is 68.3 Å². The molecule has 0 bridgehead atoms. The predicted octanol–water partition coefficient (Wildman–Crippen LogP) is 6.88. The smallest absolute Gasteiger partial charge is 0.251 e. The van der Waals surface area contributed by atoms with E-state index >= 15 is 0 Å². The van der Waals surface area contributed by atoms with Gasteiger partial charge in [-0.3, -0.25) is 9.59 Å². The Morgan fingerprint density at radius 3 is 2.17 bits per heavy atom. The Morgan fingerprint density at radius 2 is 1.55 bits per heavy atom. The Labute approximate surface area is 238 Å². The number of thioether (sulfide) groups is 1. The van der Waals surface area contributed by atoms with Gasteiger partial charge in [-0.15, -0.1) is 10.2 Å². The Balaban J connectivity index is 1.36. The van der Waals surface area contributed by atoms with Gasteiger partial charge in [0, 0.05) is 17.8 Å². The number of azo groups is 1. The molecular formula is C30H33N7O2S. The quantitative estimate of drug-likeness (QED) is 0.155. The molecule has 4 aromatic rings. The van der Waals surface area contributed by atoms with Crippen molar-refractivity contribution in [2.45, 2.75) is 45.4 Å². The molecular weight excluding hydrogens is 522 g/mol. The number of hydrogen-bond acceptors (Lipinski definition) is 7. The van der Waals surface area contributed by atoms with Gasteiger partial charge < -0.3 is 15.2 Å². The minimum absolute atomic E-state index is 0.0836. The maximum atomic E-state index is 12.9. The standard InChI is InChI=1S/C30H33N7O2S/c1-5-37-28(27(20(2)3)32-29(39)22-13-11-21(4)12-14-22)35-36-30(37)40-19-26(38)31-23-15-17-25(18-16-23)34-33-24-9-7-6-8-10-24/h6-18,20,27H,5,19H2,1-4H3,(H,31,38)(H,32,39)/t27-/m1/s1. The normalized spacial score (nSPS) is 12.0. The highest BCUT2D eigenvalue weighted by atomic mass is 32.2. The monoisotopic (exact) mass is 555 g/mol. The summed E-state index contributed by atoms with van der Waals surface area (Å²) in [7, 11) is 0. The number of aryl methyl sites for hydroxylation is 1. The molecule has 40 heavy (non-hydrogen) atoms. The lowest BCUT2D eigenvalue weighted by Crippen LogP contribution is -2.33. The van der Waals surface area contributed by atoms with Crippen molar-refractivity contribution in [2.24, 2.45) is 16.1 Å². The van der Waals surface area contributed by atoms with E-state index in [0.29, 0.717) is 34.5 Å². The Kier molecular flexibility index (Phi) is 9.80. The minimum Gasteiger partial charge on any atom is -0.342 e. The maximum Gasteiger partial charge on any atom is 0.251 e. The fourth-order valence-corrected chi connectivity index (χ4v) is 4.75. The van der Waals surface area contributed by atoms with Crippen molar-refractivity contribution in [1.29, 1.82) is 0 Å². The lowest BCUT2D eigenvalue weighted by atomic mass is 10.0. The third-order valence-corrected chi connectivity index (χ3v) is 7.09. The zero-order valence-electron chi connectivity index (χ0n) is 23.0. The first-order valence-electron chi connectivity index (χ1n) is 13.1. The van der Waals surface area contributed by atoms with Gasteiger partial charge in [0.2, 0.25) is 5.91 Å². The van der Waals surface area contributed by atoms with Gasteiger partial charge in [-0.25, -0.2) is 0 Å². The van der Waals surface area contributed by atoms with Gasteiger partial charge in [-0.1, -0.05) is 61.5 Å². The van der Waals surface area contributed by atoms with Crippen molar-refractivity contribution in [3.63, 3.8) is 0 Å². The average Bonchev–Trinajstić information content (AvgIpc) is 3.37. The van der Waals surface area contributed by atoms with Crippen LogP contribution in [0.3, 0.4) is 0 Å². The number of hydrogen-bond donors (Lipinski definition) is 2. The minimum atomic E-state index is -0.331. The molecule has 10 heteroatoms. The van der Waals surface area contributed by atoms with Gasteiger partial charge >= 0.3 is 0 Å². The largest absolute Gasteiger partial charge is 0.342 e. The second kappa shape index (κ2) is 13.7. The van der Waals surface area contributed by atoms with Crippen LogP contribution in [0.25, 0.3) is 0 Å². The molecule has 0 radical (unpaired) electrons. The first-order valence-corrected chi connectivity index (χ1v) is 14.1. The predicted molar refractivity (Wildman–Crippen MR) is 158 cm³/mol. The van der Waals surface area contributed by atoms with E-state index in [4.69, 9.17) is 0 Å². The average molecular weight is 556 g/mol. The number of amides is 2. The molecule has 1 heterocycles. The van der Waals surface area contributed by atoms with Crippen LogP contribution in [0.5, 0.6) is 0 Å². The van der Waals surface area contributed by atoms with Crippen LogP contribution in [0, 0.1) is 12.8 Å². The Hall–Kier alpha value is -4.31. The zero-order valence-corrected chi connectivity index (χ0v) is 23.9. The Bertz CT molecular complexity index is 1450. The fraction of sp³-hybridized carbons (Fsp3) is 0.267. The first-order chi connectivity index (χ1) is 19.3. The molecule has 0 aliphatic heterocycles. The van der Waals surface area contributed by atoms with Crippen LogP contribution < -0.4 is 10.6 Å². The SMILES string of the molecule is CCn1c(SCC(=O)Nc2ccc(N=Nc3ccccc3)cc2)nnc1[C@H](NC(=O)c1ccc(C)cc1)C(C)C. The number of nitrogens with one attached hydrogen (secondary N) is 2. The van der Waals surface area contributed by atoms with Crippen molar-refractivity contribution >= 4 is 40.6 Å². The molecule has 0 unspecified atom stereocenters. The van der Waals surface area contributed by atoms with E-state index in [1.54, 1.807) is 24.3 Å². The van der Waals surface area contributed by atoms with Gasteiger partial charge in [0.15, 0.2) is 11.0 Å². The molecule has 0 aliphatic carbocycles. The van der Waals surface area contributed by atoms with Crippen LogP contribution in [0.1, 0.15) is 48.6 Å². The number of carbonyl (C=O) groups excluding carboxylic acids is 2. The molecule has 0 spiro atoms. The van der Waals surface area contributed by atoms with Crippen LogP contribution in [0.2, 0.25) is 0 Å². The van der Waals surface area contributed by atoms with Gasteiger partial charge in [0.1, 0.15) is 0 Å². The summed E-state index contributed by atoms with van der Waals surface area (Å²) in [5, 5.41) is 23.8. The number of carbonyl (C=O) groups is 2. The van der Waals surface area contributed by atoms with Crippen LogP contribution in [0.4, 0.5) is 17.1 Å². The molecule has 0 aliphatic rings. The molecule has 4 rings (SSSR count). The summed E-state index contributed by atoms with van der Waals surface area (Å²) in [4.78, 5) is 25.6. The summed E-state index contributed by atoms with van der Waals surface area (Å²) < 4.78 is 1.95. The van der Waals surface area contributed by atoms with Crippen LogP contribution in [0.15, 0.2) is 94.2 Å². The van der Waals surface area contributed by atoms with E-state index in [9.17, 15) is 9.59 Å². The van der Waals surface area contributed by atoms with Crippen LogP contribution in [-0.4, -0.2) is 32.3 Å². The summed E-state index contributed by atoms with van der Waals surface area (Å²) in [6.45, 7) is 8.65. The molecule has 2 amide bonds. The van der Waals surface area contributed by atoms with E-state index in [-0.39, 0.29) is 29.5 Å². The molecule has 0 fully saturated rings. The molecule has 206 valence electrons. The van der Waals surface area contributed by atoms with E-state index in [0.717, 1.165) is 11.3 Å². The van der Waals surface area contributed by atoms with E-state index in [2.05, 4.69) is 31.1 Å². The topological polar surface area (TPSA) is 114 Å². The van der Waals surface area contributed by atoms with Crippen molar-refractivity contribution in [2.75, 3.05) is 11.1 Å². The van der Waals surface area contributed by atoms with E-state index in [1.807, 2.05) is 86.9 Å². The van der Waals surface area contributed by atoms with Crippen molar-refractivity contribution in [3.8, 4) is 0 Å². The van der Waals surface area contributed by atoms with Crippen molar-refractivity contribution in [1.82, 2.24) is 20.1 Å². The van der Waals surface area contributed by atoms with Crippen molar-refractivity contribution < 1.29 is 9.59 Å². The fourth-order valence-electron chi connectivity index (χ4n) is 3.94. The summed E-state index contributed by atoms with van der Waals surface area (Å²) in [6.07, 6.45) is 0. The highest BCUT2D eigenvalue weighted by Crippen LogP contribution is 2.26. The highest BCUT2D eigenvalue weighted by molar-refractivity contribution is 7.99. The van der Waals surface area contributed by atoms with Gasteiger partial charge in [0.05, 0.1) is 23.2 Å². The lowest BCUT2D eigenvalue weighted by molar-refractivity contribution is -0.113. The van der Waals surface area contributed by atoms with Crippen LogP contribution in [-0.2, 0) is 11.3 Å². The van der Waals surface area contributed by atoms with E-state index < -0.39 is 0 Å². The zero-order chi connectivity index (χ0) is 28.5. The summed E-state index contributed by atoms with van der Waals surface area (Å²) in [5.41, 5.74) is 3.82.